The molecule has 0 radical (unpaired) electrons. The zero-order chi connectivity index (χ0) is 25.7. The quantitative estimate of drug-likeness (QED) is 0.350. The normalized spacial score (nSPS) is 13.8. The van der Waals surface area contributed by atoms with Crippen LogP contribution in [0.3, 0.4) is 0 Å². The van der Waals surface area contributed by atoms with Crippen molar-refractivity contribution in [2.24, 2.45) is 0 Å². The Morgan fingerprint density at radius 1 is 0.974 bits per heavy atom. The zero-order valence-electron chi connectivity index (χ0n) is 20.4. The number of ether oxygens (including phenoxy) is 2. The Morgan fingerprint density at radius 2 is 1.82 bits per heavy atom. The number of nitrogens with zero attached hydrogens (tertiary/aromatic N) is 8. The molecule has 0 bridgehead atoms. The number of nitrogens with one attached hydrogen (secondary N) is 1. The van der Waals surface area contributed by atoms with Gasteiger partial charge < -0.3 is 14.8 Å². The fourth-order valence-electron chi connectivity index (χ4n) is 4.26. The fourth-order valence-corrected chi connectivity index (χ4v) is 4.26. The maximum absolute atomic E-state index is 9.11. The van der Waals surface area contributed by atoms with Gasteiger partial charge in [0.25, 0.3) is 0 Å². The molecular weight excluding hydrogens is 482 g/mol. The van der Waals surface area contributed by atoms with Gasteiger partial charge >= 0.3 is 0 Å². The predicted molar refractivity (Wildman–Crippen MR) is 137 cm³/mol. The number of rotatable bonds is 7. The third-order valence-electron chi connectivity index (χ3n) is 6.13. The minimum Gasteiger partial charge on any atom is -0.487 e. The maximum atomic E-state index is 9.11. The lowest BCUT2D eigenvalue weighted by Gasteiger charge is -2.23. The molecule has 1 fully saturated rings. The van der Waals surface area contributed by atoms with E-state index in [2.05, 4.69) is 41.6 Å². The van der Waals surface area contributed by atoms with E-state index in [0.717, 1.165) is 37.1 Å². The van der Waals surface area contributed by atoms with Crippen LogP contribution >= 0.6 is 0 Å². The summed E-state index contributed by atoms with van der Waals surface area (Å²) in [5.41, 5.74) is 3.25. The van der Waals surface area contributed by atoms with E-state index in [9.17, 15) is 0 Å². The highest BCUT2D eigenvalue weighted by molar-refractivity contribution is 5.65. The van der Waals surface area contributed by atoms with E-state index in [-0.39, 0.29) is 12.0 Å². The molecule has 0 atom stereocenters. The molecule has 1 aliphatic heterocycles. The van der Waals surface area contributed by atoms with Crippen LogP contribution in [-0.2, 0) is 6.54 Å². The van der Waals surface area contributed by atoms with Crippen LogP contribution in [0.4, 0.5) is 0 Å². The van der Waals surface area contributed by atoms with Crippen LogP contribution in [0.1, 0.15) is 24.0 Å². The van der Waals surface area contributed by atoms with E-state index >= 15 is 0 Å². The Balaban J connectivity index is 1.18. The highest BCUT2D eigenvalue weighted by Crippen LogP contribution is 2.23. The summed E-state index contributed by atoms with van der Waals surface area (Å²) in [6, 6.07) is 16.9. The highest BCUT2D eigenvalue weighted by atomic mass is 16.5. The van der Waals surface area contributed by atoms with Crippen LogP contribution in [0.5, 0.6) is 17.4 Å². The van der Waals surface area contributed by atoms with Gasteiger partial charge in [-0.25, -0.2) is 19.6 Å². The topological polar surface area (TPSA) is 137 Å². The molecule has 0 unspecified atom stereocenters. The molecular formula is C27H23N9O2. The Labute approximate surface area is 218 Å². The van der Waals surface area contributed by atoms with Gasteiger partial charge in [0.1, 0.15) is 11.9 Å². The Bertz CT molecular complexity index is 1610. The molecule has 2 aromatic carbocycles. The molecule has 0 amide bonds. The van der Waals surface area contributed by atoms with Gasteiger partial charge in [-0.05, 0) is 55.8 Å². The summed E-state index contributed by atoms with van der Waals surface area (Å²) in [5, 5.41) is 20.8. The van der Waals surface area contributed by atoms with Crippen molar-refractivity contribution in [3.05, 3.63) is 78.2 Å². The summed E-state index contributed by atoms with van der Waals surface area (Å²) >= 11 is 0. The SMILES string of the molecule is N#Cc1cccc(Oc2cnc3nnn(Cc4cccc(-c5ncc(OC6CCNCC6)cn5)c4)c3n2)c1. The van der Waals surface area contributed by atoms with E-state index in [0.29, 0.717) is 40.7 Å². The summed E-state index contributed by atoms with van der Waals surface area (Å²) in [6.45, 7) is 2.35. The Hall–Kier alpha value is -4.95. The lowest BCUT2D eigenvalue weighted by Crippen LogP contribution is -2.34. The van der Waals surface area contributed by atoms with E-state index < -0.39 is 0 Å². The predicted octanol–water partition coefficient (Wildman–Crippen LogP) is 3.52. The number of aromatic nitrogens is 7. The molecule has 11 heteroatoms. The van der Waals surface area contributed by atoms with E-state index in [1.807, 2.05) is 24.3 Å². The van der Waals surface area contributed by atoms with Crippen LogP contribution < -0.4 is 14.8 Å². The van der Waals surface area contributed by atoms with Gasteiger partial charge in [0.15, 0.2) is 11.6 Å². The van der Waals surface area contributed by atoms with E-state index in [1.165, 1.54) is 6.20 Å². The number of fused-ring (bicyclic) bond motifs is 1. The first kappa shape index (κ1) is 23.4. The Morgan fingerprint density at radius 3 is 2.66 bits per heavy atom. The van der Waals surface area contributed by atoms with Gasteiger partial charge in [0, 0.05) is 5.56 Å². The third kappa shape index (κ3) is 5.25. The molecule has 0 spiro atoms. The summed E-state index contributed by atoms with van der Waals surface area (Å²) < 4.78 is 13.5. The first-order valence-electron chi connectivity index (χ1n) is 12.3. The second-order valence-electron chi connectivity index (χ2n) is 8.85. The van der Waals surface area contributed by atoms with Crippen molar-refractivity contribution in [3.63, 3.8) is 0 Å². The molecule has 3 aromatic heterocycles. The van der Waals surface area contributed by atoms with Gasteiger partial charge in [-0.1, -0.05) is 29.5 Å². The molecule has 4 heterocycles. The van der Waals surface area contributed by atoms with Crippen LogP contribution in [0, 0.1) is 11.3 Å². The molecule has 5 aromatic rings. The number of hydrogen-bond donors (Lipinski definition) is 1. The van der Waals surface area contributed by atoms with Gasteiger partial charge in [-0.2, -0.15) is 10.2 Å². The molecule has 1 aliphatic rings. The minimum atomic E-state index is 0.197. The number of nitriles is 1. The van der Waals surface area contributed by atoms with Crippen molar-refractivity contribution in [1.29, 1.82) is 5.26 Å². The second-order valence-corrected chi connectivity index (χ2v) is 8.85. The number of piperidine rings is 1. The average Bonchev–Trinajstić information content (AvgIpc) is 3.36. The number of hydrogen-bond acceptors (Lipinski definition) is 10. The first-order chi connectivity index (χ1) is 18.7. The molecule has 11 nitrogen and oxygen atoms in total. The highest BCUT2D eigenvalue weighted by Gasteiger charge is 2.15. The summed E-state index contributed by atoms with van der Waals surface area (Å²) in [5.74, 6) is 2.08. The molecule has 38 heavy (non-hydrogen) atoms. The second kappa shape index (κ2) is 10.6. The maximum Gasteiger partial charge on any atom is 0.240 e. The fraction of sp³-hybridized carbons (Fsp3) is 0.222. The van der Waals surface area contributed by atoms with Crippen molar-refractivity contribution in [1.82, 2.24) is 40.2 Å². The van der Waals surface area contributed by atoms with Gasteiger partial charge in [0.2, 0.25) is 17.2 Å². The van der Waals surface area contributed by atoms with Crippen LogP contribution in [0.25, 0.3) is 22.7 Å². The van der Waals surface area contributed by atoms with Gasteiger partial charge in [0.05, 0.1) is 36.8 Å². The molecule has 6 rings (SSSR count). The van der Waals surface area contributed by atoms with Crippen molar-refractivity contribution in [3.8, 4) is 34.8 Å². The van der Waals surface area contributed by atoms with E-state index in [4.69, 9.17) is 14.7 Å². The largest absolute Gasteiger partial charge is 0.487 e. The Kier molecular flexibility index (Phi) is 6.53. The van der Waals surface area contributed by atoms with Crippen LogP contribution in [0.15, 0.2) is 67.1 Å². The van der Waals surface area contributed by atoms with Gasteiger partial charge in [-0.15, -0.1) is 5.10 Å². The van der Waals surface area contributed by atoms with Gasteiger partial charge in [-0.3, -0.25) is 0 Å². The monoisotopic (exact) mass is 505 g/mol. The van der Waals surface area contributed by atoms with Crippen molar-refractivity contribution >= 4 is 11.3 Å². The molecule has 1 N–H and O–H groups in total. The van der Waals surface area contributed by atoms with Crippen molar-refractivity contribution in [2.75, 3.05) is 13.1 Å². The van der Waals surface area contributed by atoms with Crippen molar-refractivity contribution < 1.29 is 9.47 Å². The molecule has 0 aliphatic carbocycles. The van der Waals surface area contributed by atoms with Crippen molar-refractivity contribution in [2.45, 2.75) is 25.5 Å². The zero-order valence-corrected chi connectivity index (χ0v) is 20.4. The van der Waals surface area contributed by atoms with Crippen LogP contribution in [-0.4, -0.2) is 54.1 Å². The standard InChI is InChI=1S/C27H23N9O2/c28-13-18-3-2-6-22(12-18)38-24-16-32-26-27(33-24)36(35-34-26)17-19-4-1-5-20(11-19)25-30-14-23(15-31-25)37-21-7-9-29-10-8-21/h1-6,11-12,14-16,21,29H,7-10,17H2. The average molecular weight is 506 g/mol. The van der Waals surface area contributed by atoms with E-state index in [1.54, 1.807) is 41.3 Å². The molecule has 188 valence electrons. The first-order valence-corrected chi connectivity index (χ1v) is 12.3. The van der Waals surface area contributed by atoms with Crippen LogP contribution in [0.2, 0.25) is 0 Å². The molecule has 1 saturated heterocycles. The number of benzene rings is 2. The summed E-state index contributed by atoms with van der Waals surface area (Å²) in [4.78, 5) is 17.9. The lowest BCUT2D eigenvalue weighted by molar-refractivity contribution is 0.161. The lowest BCUT2D eigenvalue weighted by atomic mass is 10.1. The summed E-state index contributed by atoms with van der Waals surface area (Å²) in [7, 11) is 0. The minimum absolute atomic E-state index is 0.197. The summed E-state index contributed by atoms with van der Waals surface area (Å²) in [6.07, 6.45) is 7.09. The molecule has 0 saturated carbocycles. The third-order valence-corrected chi connectivity index (χ3v) is 6.13. The smallest absolute Gasteiger partial charge is 0.240 e.